The van der Waals surface area contributed by atoms with Crippen molar-refractivity contribution < 1.29 is 14.3 Å². The van der Waals surface area contributed by atoms with Crippen LogP contribution in [0.3, 0.4) is 0 Å². The van der Waals surface area contributed by atoms with E-state index in [2.05, 4.69) is 9.97 Å². The minimum Gasteiger partial charge on any atom is -0.484 e. The number of carbonyl (C=O) groups is 1. The molecule has 1 saturated heterocycles. The molecule has 2 heterocycles. The number of rotatable bonds is 5. The van der Waals surface area contributed by atoms with Crippen molar-refractivity contribution in [3.8, 4) is 11.6 Å². The molecule has 24 heavy (non-hydrogen) atoms. The smallest absolute Gasteiger partial charge is 0.260 e. The maximum Gasteiger partial charge on any atom is 0.260 e. The zero-order valence-electron chi connectivity index (χ0n) is 13.7. The second-order valence-electron chi connectivity index (χ2n) is 5.85. The zero-order valence-corrected chi connectivity index (χ0v) is 13.7. The van der Waals surface area contributed by atoms with E-state index in [1.165, 1.54) is 0 Å². The van der Waals surface area contributed by atoms with Gasteiger partial charge >= 0.3 is 0 Å². The van der Waals surface area contributed by atoms with Gasteiger partial charge in [0.15, 0.2) is 6.61 Å². The van der Waals surface area contributed by atoms with Gasteiger partial charge in [0.1, 0.15) is 11.9 Å². The van der Waals surface area contributed by atoms with Gasteiger partial charge in [0.2, 0.25) is 5.88 Å². The standard InChI is InChI=1S/C18H21N3O3/c1-14-3-2-4-16(11-14)23-13-18(22)21-9-5-15(6-10-21)24-17-12-19-7-8-20-17/h2-4,7-8,11-12,15H,5-6,9-10,13H2,1H3. The normalized spacial score (nSPS) is 15.1. The van der Waals surface area contributed by atoms with Crippen LogP contribution in [0.4, 0.5) is 0 Å². The Labute approximate surface area is 141 Å². The largest absolute Gasteiger partial charge is 0.484 e. The lowest BCUT2D eigenvalue weighted by atomic mass is 10.1. The van der Waals surface area contributed by atoms with E-state index in [-0.39, 0.29) is 18.6 Å². The summed E-state index contributed by atoms with van der Waals surface area (Å²) in [5.74, 6) is 1.27. The molecule has 1 amide bonds. The first-order valence-corrected chi connectivity index (χ1v) is 8.10. The molecule has 0 unspecified atom stereocenters. The van der Waals surface area contributed by atoms with E-state index in [0.29, 0.717) is 19.0 Å². The van der Waals surface area contributed by atoms with E-state index >= 15 is 0 Å². The molecule has 0 aliphatic carbocycles. The summed E-state index contributed by atoms with van der Waals surface area (Å²) >= 11 is 0. The van der Waals surface area contributed by atoms with Gasteiger partial charge in [0.25, 0.3) is 5.91 Å². The van der Waals surface area contributed by atoms with Crippen LogP contribution in [0.5, 0.6) is 11.6 Å². The molecule has 3 rings (SSSR count). The molecular weight excluding hydrogens is 306 g/mol. The summed E-state index contributed by atoms with van der Waals surface area (Å²) in [6.07, 6.45) is 6.47. The summed E-state index contributed by atoms with van der Waals surface area (Å²) in [4.78, 5) is 22.2. The predicted octanol–water partition coefficient (Wildman–Crippen LogP) is 2.23. The van der Waals surface area contributed by atoms with Crippen LogP contribution in [0.1, 0.15) is 18.4 Å². The number of ether oxygens (including phenoxy) is 2. The number of likely N-dealkylation sites (tertiary alicyclic amines) is 1. The van der Waals surface area contributed by atoms with Gasteiger partial charge in [-0.05, 0) is 24.6 Å². The molecule has 0 radical (unpaired) electrons. The second kappa shape index (κ2) is 7.77. The molecule has 6 nitrogen and oxygen atoms in total. The fourth-order valence-electron chi connectivity index (χ4n) is 2.68. The van der Waals surface area contributed by atoms with Crippen molar-refractivity contribution in [2.75, 3.05) is 19.7 Å². The zero-order chi connectivity index (χ0) is 16.8. The summed E-state index contributed by atoms with van der Waals surface area (Å²) in [6, 6.07) is 7.70. The Bertz CT molecular complexity index is 670. The molecule has 0 spiro atoms. The molecule has 1 aliphatic heterocycles. The van der Waals surface area contributed by atoms with Crippen LogP contribution in [0, 0.1) is 6.92 Å². The first kappa shape index (κ1) is 16.2. The van der Waals surface area contributed by atoms with Crippen LogP contribution in [0.2, 0.25) is 0 Å². The van der Waals surface area contributed by atoms with Gasteiger partial charge < -0.3 is 14.4 Å². The minimum atomic E-state index is 0.00876. The highest BCUT2D eigenvalue weighted by Gasteiger charge is 2.24. The number of hydrogen-bond acceptors (Lipinski definition) is 5. The second-order valence-corrected chi connectivity index (χ2v) is 5.85. The molecule has 0 N–H and O–H groups in total. The van der Waals surface area contributed by atoms with E-state index in [1.807, 2.05) is 36.1 Å². The minimum absolute atomic E-state index is 0.00876. The highest BCUT2D eigenvalue weighted by atomic mass is 16.5. The van der Waals surface area contributed by atoms with Gasteiger partial charge in [-0.3, -0.25) is 9.78 Å². The molecule has 1 aromatic heterocycles. The molecule has 0 bridgehead atoms. The lowest BCUT2D eigenvalue weighted by Crippen LogP contribution is -2.43. The number of aryl methyl sites for hydroxylation is 1. The summed E-state index contributed by atoms with van der Waals surface area (Å²) in [5, 5.41) is 0. The first-order chi connectivity index (χ1) is 11.7. The van der Waals surface area contributed by atoms with Crippen LogP contribution in [-0.2, 0) is 4.79 Å². The third-order valence-corrected chi connectivity index (χ3v) is 3.97. The summed E-state index contributed by atoms with van der Waals surface area (Å²) in [5.41, 5.74) is 1.11. The molecule has 1 fully saturated rings. The fourth-order valence-corrected chi connectivity index (χ4v) is 2.68. The van der Waals surface area contributed by atoms with Crippen LogP contribution < -0.4 is 9.47 Å². The van der Waals surface area contributed by atoms with E-state index in [1.54, 1.807) is 18.6 Å². The molecule has 1 aliphatic rings. The van der Waals surface area contributed by atoms with Crippen molar-refractivity contribution in [1.29, 1.82) is 0 Å². The predicted molar refractivity (Wildman–Crippen MR) is 88.9 cm³/mol. The number of amides is 1. The van der Waals surface area contributed by atoms with Gasteiger partial charge in [-0.15, -0.1) is 0 Å². The van der Waals surface area contributed by atoms with Crippen LogP contribution >= 0.6 is 0 Å². The highest BCUT2D eigenvalue weighted by molar-refractivity contribution is 5.77. The van der Waals surface area contributed by atoms with Crippen molar-refractivity contribution in [2.24, 2.45) is 0 Å². The Kier molecular flexibility index (Phi) is 5.25. The lowest BCUT2D eigenvalue weighted by Gasteiger charge is -2.31. The Morgan fingerprint density at radius 1 is 1.29 bits per heavy atom. The summed E-state index contributed by atoms with van der Waals surface area (Å²) in [7, 11) is 0. The fraction of sp³-hybridized carbons (Fsp3) is 0.389. The number of benzene rings is 1. The number of carbonyl (C=O) groups excluding carboxylic acids is 1. The molecule has 0 atom stereocenters. The van der Waals surface area contributed by atoms with Crippen LogP contribution in [-0.4, -0.2) is 46.6 Å². The van der Waals surface area contributed by atoms with Crippen molar-refractivity contribution in [2.45, 2.75) is 25.9 Å². The quantitative estimate of drug-likeness (QED) is 0.842. The van der Waals surface area contributed by atoms with Crippen molar-refractivity contribution in [1.82, 2.24) is 14.9 Å². The molecule has 2 aromatic rings. The highest BCUT2D eigenvalue weighted by Crippen LogP contribution is 2.17. The number of aromatic nitrogens is 2. The Hall–Kier alpha value is -2.63. The topological polar surface area (TPSA) is 64.5 Å². The number of hydrogen-bond donors (Lipinski definition) is 0. The maximum absolute atomic E-state index is 12.3. The molecule has 1 aromatic carbocycles. The molecular formula is C18H21N3O3. The van der Waals surface area contributed by atoms with Crippen LogP contribution in [0.15, 0.2) is 42.9 Å². The third-order valence-electron chi connectivity index (χ3n) is 3.97. The van der Waals surface area contributed by atoms with Gasteiger partial charge in [0.05, 0.1) is 6.20 Å². The van der Waals surface area contributed by atoms with Gasteiger partial charge in [0, 0.05) is 38.3 Å². The van der Waals surface area contributed by atoms with E-state index in [4.69, 9.17) is 9.47 Å². The van der Waals surface area contributed by atoms with E-state index < -0.39 is 0 Å². The summed E-state index contributed by atoms with van der Waals surface area (Å²) < 4.78 is 11.4. The average Bonchev–Trinajstić information content (AvgIpc) is 2.61. The first-order valence-electron chi connectivity index (χ1n) is 8.10. The summed E-state index contributed by atoms with van der Waals surface area (Å²) in [6.45, 7) is 3.40. The Morgan fingerprint density at radius 2 is 2.12 bits per heavy atom. The van der Waals surface area contributed by atoms with Crippen molar-refractivity contribution in [3.63, 3.8) is 0 Å². The monoisotopic (exact) mass is 327 g/mol. The number of piperidine rings is 1. The lowest BCUT2D eigenvalue weighted by molar-refractivity contribution is -0.135. The number of nitrogens with zero attached hydrogens (tertiary/aromatic N) is 3. The van der Waals surface area contributed by atoms with Crippen molar-refractivity contribution >= 4 is 5.91 Å². The van der Waals surface area contributed by atoms with Crippen LogP contribution in [0.25, 0.3) is 0 Å². The molecule has 126 valence electrons. The Morgan fingerprint density at radius 3 is 2.83 bits per heavy atom. The van der Waals surface area contributed by atoms with Crippen molar-refractivity contribution in [3.05, 3.63) is 48.4 Å². The van der Waals surface area contributed by atoms with Gasteiger partial charge in [-0.1, -0.05) is 12.1 Å². The maximum atomic E-state index is 12.3. The van der Waals surface area contributed by atoms with Gasteiger partial charge in [-0.2, -0.15) is 0 Å². The molecule has 0 saturated carbocycles. The SMILES string of the molecule is Cc1cccc(OCC(=O)N2CCC(Oc3cnccn3)CC2)c1. The molecule has 6 heteroatoms. The Balaban J connectivity index is 1.43. The van der Waals surface area contributed by atoms with Gasteiger partial charge in [-0.25, -0.2) is 4.98 Å². The van der Waals surface area contributed by atoms with E-state index in [0.717, 1.165) is 24.2 Å². The van der Waals surface area contributed by atoms with E-state index in [9.17, 15) is 4.79 Å². The average molecular weight is 327 g/mol. The third kappa shape index (κ3) is 4.44.